The van der Waals surface area contributed by atoms with Gasteiger partial charge in [0.15, 0.2) is 0 Å². The van der Waals surface area contributed by atoms with Crippen LogP contribution in [0.4, 0.5) is 0 Å². The molecule has 3 nitrogen and oxygen atoms in total. The smallest absolute Gasteiger partial charge is 0.338 e. The minimum atomic E-state index is -0.155. The first kappa shape index (κ1) is 13.6. The van der Waals surface area contributed by atoms with Crippen LogP contribution in [0.3, 0.4) is 0 Å². The van der Waals surface area contributed by atoms with Gasteiger partial charge in [-0.2, -0.15) is 0 Å². The molecule has 1 aromatic carbocycles. The van der Waals surface area contributed by atoms with Gasteiger partial charge in [0.25, 0.3) is 0 Å². The molecule has 108 valence electrons. The van der Waals surface area contributed by atoms with E-state index in [2.05, 4.69) is 18.3 Å². The molecular formula is C17H23NO2. The molecule has 0 bridgehead atoms. The normalized spacial score (nSPS) is 25.9. The van der Waals surface area contributed by atoms with Crippen LogP contribution >= 0.6 is 0 Å². The lowest BCUT2D eigenvalue weighted by atomic mass is 9.88. The van der Waals surface area contributed by atoms with Gasteiger partial charge in [-0.3, -0.25) is 0 Å². The Bertz CT molecular complexity index is 498. The summed E-state index contributed by atoms with van der Waals surface area (Å²) < 4.78 is 5.72. The summed E-state index contributed by atoms with van der Waals surface area (Å²) in [7, 11) is 0. The maximum absolute atomic E-state index is 12.3. The van der Waals surface area contributed by atoms with Crippen molar-refractivity contribution >= 4 is 5.97 Å². The lowest BCUT2D eigenvalue weighted by Crippen LogP contribution is -2.28. The summed E-state index contributed by atoms with van der Waals surface area (Å²) in [6.45, 7) is 4.07. The fourth-order valence-electron chi connectivity index (χ4n) is 3.27. The predicted octanol–water partition coefficient (Wildman–Crippen LogP) is 3.07. The number of carbonyl (C=O) groups excluding carboxylic acids is 1. The maximum Gasteiger partial charge on any atom is 0.338 e. The zero-order valence-corrected chi connectivity index (χ0v) is 12.2. The third kappa shape index (κ3) is 2.88. The zero-order chi connectivity index (χ0) is 13.9. The lowest BCUT2D eigenvalue weighted by molar-refractivity contribution is 0.00480. The van der Waals surface area contributed by atoms with Gasteiger partial charge in [-0.05, 0) is 61.4 Å². The van der Waals surface area contributed by atoms with Gasteiger partial charge < -0.3 is 10.1 Å². The molecular weight excluding hydrogens is 250 g/mol. The Labute approximate surface area is 120 Å². The molecule has 3 rings (SSSR count). The van der Waals surface area contributed by atoms with Crippen molar-refractivity contribution in [1.29, 1.82) is 0 Å². The van der Waals surface area contributed by atoms with Gasteiger partial charge in [0.2, 0.25) is 0 Å². The van der Waals surface area contributed by atoms with Crippen molar-refractivity contribution < 1.29 is 9.53 Å². The standard InChI is InChI=1S/C17H23NO2/c1-12-4-2-3-5-16(12)20-17(19)14-7-6-13-8-9-18-11-15(13)10-14/h6-7,10,12,16,18H,2-5,8-9,11H2,1H3. The molecule has 1 fully saturated rings. The van der Waals surface area contributed by atoms with Crippen LogP contribution in [0.1, 0.15) is 54.1 Å². The third-order valence-electron chi connectivity index (χ3n) is 4.62. The van der Waals surface area contributed by atoms with Crippen molar-refractivity contribution in [1.82, 2.24) is 5.32 Å². The molecule has 1 aromatic rings. The molecule has 0 radical (unpaired) electrons. The largest absolute Gasteiger partial charge is 0.459 e. The van der Waals surface area contributed by atoms with E-state index in [9.17, 15) is 4.79 Å². The highest BCUT2D eigenvalue weighted by atomic mass is 16.5. The Hall–Kier alpha value is -1.35. The number of esters is 1. The van der Waals surface area contributed by atoms with Gasteiger partial charge >= 0.3 is 5.97 Å². The number of nitrogens with one attached hydrogen (secondary N) is 1. The molecule has 0 aromatic heterocycles. The van der Waals surface area contributed by atoms with Crippen molar-refractivity contribution in [2.75, 3.05) is 6.54 Å². The average Bonchev–Trinajstić information content (AvgIpc) is 2.49. The summed E-state index contributed by atoms with van der Waals surface area (Å²) in [6, 6.07) is 5.99. The topological polar surface area (TPSA) is 38.3 Å². The first-order valence-corrected chi connectivity index (χ1v) is 7.77. The van der Waals surface area contributed by atoms with Crippen molar-refractivity contribution in [2.24, 2.45) is 5.92 Å². The molecule has 1 aliphatic heterocycles. The number of hydrogen-bond donors (Lipinski definition) is 1. The summed E-state index contributed by atoms with van der Waals surface area (Å²) in [4.78, 5) is 12.3. The highest BCUT2D eigenvalue weighted by molar-refractivity contribution is 5.89. The predicted molar refractivity (Wildman–Crippen MR) is 78.7 cm³/mol. The van der Waals surface area contributed by atoms with Crippen molar-refractivity contribution in [3.63, 3.8) is 0 Å². The Morgan fingerprint density at radius 2 is 2.10 bits per heavy atom. The van der Waals surface area contributed by atoms with Crippen LogP contribution in [0.25, 0.3) is 0 Å². The molecule has 0 spiro atoms. The van der Waals surface area contributed by atoms with Crippen LogP contribution in [0.2, 0.25) is 0 Å². The van der Waals surface area contributed by atoms with Crippen LogP contribution in [0, 0.1) is 5.92 Å². The van der Waals surface area contributed by atoms with Crippen LogP contribution in [-0.4, -0.2) is 18.6 Å². The van der Waals surface area contributed by atoms with E-state index in [1.807, 2.05) is 12.1 Å². The molecule has 20 heavy (non-hydrogen) atoms. The van der Waals surface area contributed by atoms with E-state index in [1.165, 1.54) is 30.4 Å². The Morgan fingerprint density at radius 1 is 1.25 bits per heavy atom. The average molecular weight is 273 g/mol. The molecule has 2 aliphatic rings. The second-order valence-corrected chi connectivity index (χ2v) is 6.12. The molecule has 3 heteroatoms. The zero-order valence-electron chi connectivity index (χ0n) is 12.2. The monoisotopic (exact) mass is 273 g/mol. The molecule has 2 unspecified atom stereocenters. The number of hydrogen-bond acceptors (Lipinski definition) is 3. The maximum atomic E-state index is 12.3. The third-order valence-corrected chi connectivity index (χ3v) is 4.62. The molecule has 1 heterocycles. The number of benzene rings is 1. The summed E-state index contributed by atoms with van der Waals surface area (Å²) in [5.41, 5.74) is 3.29. The van der Waals surface area contributed by atoms with Crippen LogP contribution < -0.4 is 5.32 Å². The molecule has 1 aliphatic carbocycles. The van der Waals surface area contributed by atoms with Crippen LogP contribution in [0.15, 0.2) is 18.2 Å². The highest BCUT2D eigenvalue weighted by Crippen LogP contribution is 2.27. The summed E-state index contributed by atoms with van der Waals surface area (Å²) >= 11 is 0. The fourth-order valence-corrected chi connectivity index (χ4v) is 3.27. The second-order valence-electron chi connectivity index (χ2n) is 6.12. The highest BCUT2D eigenvalue weighted by Gasteiger charge is 2.25. The van der Waals surface area contributed by atoms with E-state index in [0.717, 1.165) is 25.9 Å². The second kappa shape index (κ2) is 5.96. The molecule has 1 saturated carbocycles. The Kier molecular flexibility index (Phi) is 4.06. The summed E-state index contributed by atoms with van der Waals surface area (Å²) in [6.07, 6.45) is 5.77. The molecule has 0 saturated heterocycles. The number of rotatable bonds is 2. The van der Waals surface area contributed by atoms with Gasteiger partial charge in [0.1, 0.15) is 6.10 Å². The van der Waals surface area contributed by atoms with E-state index in [4.69, 9.17) is 4.74 Å². The van der Waals surface area contributed by atoms with Crippen LogP contribution in [0.5, 0.6) is 0 Å². The minimum absolute atomic E-state index is 0.102. The summed E-state index contributed by atoms with van der Waals surface area (Å²) in [5.74, 6) is 0.337. The van der Waals surface area contributed by atoms with Crippen LogP contribution in [-0.2, 0) is 17.7 Å². The number of carbonyl (C=O) groups is 1. The van der Waals surface area contributed by atoms with Gasteiger partial charge in [-0.25, -0.2) is 4.79 Å². The summed E-state index contributed by atoms with van der Waals surface area (Å²) in [5, 5.41) is 3.34. The van der Waals surface area contributed by atoms with E-state index in [-0.39, 0.29) is 12.1 Å². The van der Waals surface area contributed by atoms with E-state index < -0.39 is 0 Å². The Balaban J connectivity index is 1.70. The molecule has 0 amide bonds. The van der Waals surface area contributed by atoms with E-state index in [1.54, 1.807) is 0 Å². The number of fused-ring (bicyclic) bond motifs is 1. The Morgan fingerprint density at radius 3 is 2.95 bits per heavy atom. The number of ether oxygens (including phenoxy) is 1. The molecule has 1 N–H and O–H groups in total. The minimum Gasteiger partial charge on any atom is -0.459 e. The SMILES string of the molecule is CC1CCCCC1OC(=O)c1ccc2c(c1)CNCC2. The first-order chi connectivity index (χ1) is 9.74. The quantitative estimate of drug-likeness (QED) is 0.842. The van der Waals surface area contributed by atoms with Crippen molar-refractivity contribution in [3.8, 4) is 0 Å². The van der Waals surface area contributed by atoms with Crippen molar-refractivity contribution in [3.05, 3.63) is 34.9 Å². The van der Waals surface area contributed by atoms with E-state index >= 15 is 0 Å². The lowest BCUT2D eigenvalue weighted by Gasteiger charge is -2.28. The van der Waals surface area contributed by atoms with Gasteiger partial charge in [-0.1, -0.05) is 19.4 Å². The first-order valence-electron chi connectivity index (χ1n) is 7.77. The van der Waals surface area contributed by atoms with Crippen molar-refractivity contribution in [2.45, 2.75) is 51.7 Å². The molecule has 2 atom stereocenters. The van der Waals surface area contributed by atoms with Gasteiger partial charge in [0.05, 0.1) is 5.56 Å². The van der Waals surface area contributed by atoms with Gasteiger partial charge in [0, 0.05) is 6.54 Å². The fraction of sp³-hybridized carbons (Fsp3) is 0.588. The van der Waals surface area contributed by atoms with Gasteiger partial charge in [-0.15, -0.1) is 0 Å². The van der Waals surface area contributed by atoms with E-state index in [0.29, 0.717) is 11.5 Å².